The minimum Gasteiger partial charge on any atom is -0.395 e. The molecule has 0 fully saturated rings. The Morgan fingerprint density at radius 2 is 2.14 bits per heavy atom. The summed E-state index contributed by atoms with van der Waals surface area (Å²) in [5.41, 5.74) is 1.77. The van der Waals surface area contributed by atoms with Gasteiger partial charge in [0, 0.05) is 19.3 Å². The highest BCUT2D eigenvalue weighted by molar-refractivity contribution is 7.71. The zero-order chi connectivity index (χ0) is 16.1. The number of hydrogen-bond donors (Lipinski definition) is 2. The molecule has 0 unspecified atom stereocenters. The van der Waals surface area contributed by atoms with Gasteiger partial charge in [-0.2, -0.15) is 14.9 Å². The van der Waals surface area contributed by atoms with Gasteiger partial charge in [0.05, 0.1) is 12.8 Å². The normalized spacial score (nSPS) is 11.0. The standard InChI is InChI=1S/C14H17N5O2S/c1-10-13(21)19(14(22)17-16-10)15-9-11-3-5-12(6-4-11)18(2)7-8-20/h3-6,9,20H,7-8H2,1-2H3,(H,17,22)/b15-9+. The van der Waals surface area contributed by atoms with Crippen LogP contribution in [-0.2, 0) is 0 Å². The van der Waals surface area contributed by atoms with Gasteiger partial charge < -0.3 is 10.0 Å². The molecule has 0 amide bonds. The quantitative estimate of drug-likeness (QED) is 0.632. The van der Waals surface area contributed by atoms with Gasteiger partial charge in [-0.25, -0.2) is 0 Å². The summed E-state index contributed by atoms with van der Waals surface area (Å²) in [5, 5.41) is 19.4. The van der Waals surface area contributed by atoms with E-state index in [9.17, 15) is 4.79 Å². The van der Waals surface area contributed by atoms with Crippen molar-refractivity contribution in [3.63, 3.8) is 0 Å². The Morgan fingerprint density at radius 3 is 2.77 bits per heavy atom. The molecule has 0 bridgehead atoms. The lowest BCUT2D eigenvalue weighted by atomic mass is 10.2. The van der Waals surface area contributed by atoms with Crippen LogP contribution in [0, 0.1) is 11.7 Å². The molecule has 8 heteroatoms. The number of nitrogens with zero attached hydrogens (tertiary/aromatic N) is 4. The summed E-state index contributed by atoms with van der Waals surface area (Å²) in [6, 6.07) is 7.58. The van der Waals surface area contributed by atoms with Gasteiger partial charge in [-0.3, -0.25) is 9.89 Å². The maximum absolute atomic E-state index is 11.9. The number of hydrogen-bond acceptors (Lipinski definition) is 6. The number of nitrogens with one attached hydrogen (secondary N) is 1. The predicted octanol–water partition coefficient (Wildman–Crippen LogP) is 0.920. The SMILES string of the molecule is Cc1n[nH]c(=S)n(/N=C/c2ccc(N(C)CCO)cc2)c1=O. The first kappa shape index (κ1) is 16.1. The van der Waals surface area contributed by atoms with Crippen LogP contribution >= 0.6 is 12.2 Å². The van der Waals surface area contributed by atoms with Gasteiger partial charge in [0.1, 0.15) is 5.69 Å². The molecule has 2 aromatic rings. The van der Waals surface area contributed by atoms with Gasteiger partial charge in [0.2, 0.25) is 4.77 Å². The van der Waals surface area contributed by atoms with E-state index < -0.39 is 0 Å². The fraction of sp³-hybridized carbons (Fsp3) is 0.286. The van der Waals surface area contributed by atoms with Crippen molar-refractivity contribution in [2.45, 2.75) is 6.92 Å². The third-order valence-electron chi connectivity index (χ3n) is 3.11. The van der Waals surface area contributed by atoms with E-state index in [1.54, 1.807) is 13.1 Å². The van der Waals surface area contributed by atoms with Gasteiger partial charge in [-0.15, -0.1) is 0 Å². The molecule has 0 atom stereocenters. The van der Waals surface area contributed by atoms with E-state index in [0.717, 1.165) is 15.9 Å². The van der Waals surface area contributed by atoms with E-state index in [4.69, 9.17) is 17.3 Å². The van der Waals surface area contributed by atoms with Gasteiger partial charge in [0.25, 0.3) is 5.56 Å². The van der Waals surface area contributed by atoms with E-state index in [1.165, 1.54) is 0 Å². The molecule has 0 spiro atoms. The molecule has 2 rings (SSSR count). The molecule has 0 aliphatic carbocycles. The van der Waals surface area contributed by atoms with Crippen molar-refractivity contribution >= 4 is 24.1 Å². The van der Waals surface area contributed by atoms with Gasteiger partial charge >= 0.3 is 0 Å². The highest BCUT2D eigenvalue weighted by Crippen LogP contribution is 2.12. The summed E-state index contributed by atoms with van der Waals surface area (Å²) >= 11 is 5.00. The average Bonchev–Trinajstić information content (AvgIpc) is 2.52. The lowest BCUT2D eigenvalue weighted by Crippen LogP contribution is -2.22. The van der Waals surface area contributed by atoms with E-state index in [2.05, 4.69) is 15.3 Å². The van der Waals surface area contributed by atoms with Crippen LogP contribution < -0.4 is 10.5 Å². The van der Waals surface area contributed by atoms with Crippen molar-refractivity contribution in [3.8, 4) is 0 Å². The molecular weight excluding hydrogens is 302 g/mol. The summed E-state index contributed by atoms with van der Waals surface area (Å²) in [7, 11) is 1.90. The zero-order valence-electron chi connectivity index (χ0n) is 12.4. The van der Waals surface area contributed by atoms with E-state index in [-0.39, 0.29) is 16.9 Å². The van der Waals surface area contributed by atoms with Crippen LogP contribution in [0.25, 0.3) is 0 Å². The number of anilines is 1. The number of aromatic nitrogens is 3. The molecule has 1 aromatic heterocycles. The monoisotopic (exact) mass is 319 g/mol. The number of likely N-dealkylation sites (N-methyl/N-ethyl adjacent to an activating group) is 1. The van der Waals surface area contributed by atoms with E-state index >= 15 is 0 Å². The summed E-state index contributed by atoms with van der Waals surface area (Å²) in [6.07, 6.45) is 1.56. The molecular formula is C14H17N5O2S. The molecule has 22 heavy (non-hydrogen) atoms. The maximum Gasteiger partial charge on any atom is 0.296 e. The number of aliphatic hydroxyl groups is 1. The van der Waals surface area contributed by atoms with Crippen molar-refractivity contribution in [3.05, 3.63) is 50.6 Å². The fourth-order valence-corrected chi connectivity index (χ4v) is 1.97. The summed E-state index contributed by atoms with van der Waals surface area (Å²) in [6.45, 7) is 2.25. The zero-order valence-corrected chi connectivity index (χ0v) is 13.2. The third-order valence-corrected chi connectivity index (χ3v) is 3.37. The number of rotatable bonds is 5. The van der Waals surface area contributed by atoms with Crippen molar-refractivity contribution in [2.24, 2.45) is 5.10 Å². The fourth-order valence-electron chi connectivity index (χ4n) is 1.80. The minimum atomic E-state index is -0.348. The number of aromatic amines is 1. The summed E-state index contributed by atoms with van der Waals surface area (Å²) < 4.78 is 1.25. The number of aryl methyl sites for hydroxylation is 1. The smallest absolute Gasteiger partial charge is 0.296 e. The Bertz CT molecular complexity index is 779. The molecule has 0 aliphatic heterocycles. The highest BCUT2D eigenvalue weighted by Gasteiger charge is 2.02. The molecule has 7 nitrogen and oxygen atoms in total. The summed E-state index contributed by atoms with van der Waals surface area (Å²) in [5.74, 6) is 0. The lowest BCUT2D eigenvalue weighted by Gasteiger charge is -2.17. The first-order chi connectivity index (χ1) is 10.5. The topological polar surface area (TPSA) is 86.5 Å². The third kappa shape index (κ3) is 3.66. The Labute approximate surface area is 132 Å². The first-order valence-corrected chi connectivity index (χ1v) is 7.08. The number of H-pyrrole nitrogens is 1. The predicted molar refractivity (Wildman–Crippen MR) is 88.2 cm³/mol. The molecule has 1 heterocycles. The van der Waals surface area contributed by atoms with Crippen LogP contribution in [0.1, 0.15) is 11.3 Å². The molecule has 116 valence electrons. The second-order valence-electron chi connectivity index (χ2n) is 4.71. The van der Waals surface area contributed by atoms with E-state index in [0.29, 0.717) is 12.2 Å². The van der Waals surface area contributed by atoms with Crippen molar-refractivity contribution in [1.82, 2.24) is 14.9 Å². The van der Waals surface area contributed by atoms with Crippen LogP contribution in [0.15, 0.2) is 34.2 Å². The second kappa shape index (κ2) is 7.10. The van der Waals surface area contributed by atoms with Gasteiger partial charge in [-0.05, 0) is 36.8 Å². The highest BCUT2D eigenvalue weighted by atomic mass is 32.1. The Morgan fingerprint density at radius 1 is 1.45 bits per heavy atom. The molecule has 2 N–H and O–H groups in total. The van der Waals surface area contributed by atoms with Crippen LogP contribution in [-0.4, -0.2) is 46.4 Å². The van der Waals surface area contributed by atoms with Gasteiger partial charge in [0.15, 0.2) is 0 Å². The van der Waals surface area contributed by atoms with Crippen LogP contribution in [0.2, 0.25) is 0 Å². The molecule has 0 aliphatic rings. The van der Waals surface area contributed by atoms with Crippen LogP contribution in [0.3, 0.4) is 0 Å². The minimum absolute atomic E-state index is 0.0993. The van der Waals surface area contributed by atoms with Crippen molar-refractivity contribution in [2.75, 3.05) is 25.1 Å². The second-order valence-corrected chi connectivity index (χ2v) is 5.10. The first-order valence-electron chi connectivity index (χ1n) is 6.67. The molecule has 1 aromatic carbocycles. The van der Waals surface area contributed by atoms with Gasteiger partial charge in [-0.1, -0.05) is 12.1 Å². The molecule has 0 saturated heterocycles. The number of aliphatic hydroxyl groups excluding tert-OH is 1. The van der Waals surface area contributed by atoms with Crippen LogP contribution in [0.4, 0.5) is 5.69 Å². The van der Waals surface area contributed by atoms with Crippen molar-refractivity contribution in [1.29, 1.82) is 0 Å². The van der Waals surface area contributed by atoms with Crippen molar-refractivity contribution < 1.29 is 5.11 Å². The Balaban J connectivity index is 2.23. The Hall–Kier alpha value is -2.32. The van der Waals surface area contributed by atoms with Crippen LogP contribution in [0.5, 0.6) is 0 Å². The maximum atomic E-state index is 11.9. The largest absolute Gasteiger partial charge is 0.395 e. The number of benzene rings is 1. The summed E-state index contributed by atoms with van der Waals surface area (Å²) in [4.78, 5) is 13.8. The van der Waals surface area contributed by atoms with E-state index in [1.807, 2.05) is 36.2 Å². The average molecular weight is 319 g/mol. The Kier molecular flexibility index (Phi) is 5.18. The molecule has 0 saturated carbocycles. The lowest BCUT2D eigenvalue weighted by molar-refractivity contribution is 0.304. The molecule has 0 radical (unpaired) electrons.